The highest BCUT2D eigenvalue weighted by Gasteiger charge is 2.38. The van der Waals surface area contributed by atoms with E-state index in [9.17, 15) is 66.5 Å². The van der Waals surface area contributed by atoms with Crippen LogP contribution >= 0.6 is 0 Å². The average molecular weight is 1010 g/mol. The van der Waals surface area contributed by atoms with E-state index in [2.05, 4.69) is 30.7 Å². The van der Waals surface area contributed by atoms with E-state index in [0.717, 1.165) is 48.5 Å². The van der Waals surface area contributed by atoms with E-state index in [1.165, 1.54) is 13.8 Å². The van der Waals surface area contributed by atoms with Gasteiger partial charge in [0.25, 0.3) is 11.4 Å². The molecule has 0 aliphatic rings. The van der Waals surface area contributed by atoms with Gasteiger partial charge in [-0.3, -0.25) is 39.4 Å². The van der Waals surface area contributed by atoms with Crippen molar-refractivity contribution in [1.29, 1.82) is 0 Å². The molecule has 4 aromatic carbocycles. The highest BCUT2D eigenvalue weighted by molar-refractivity contribution is 7.89. The summed E-state index contributed by atoms with van der Waals surface area (Å²) in [5.74, 6) is -4.68. The second kappa shape index (κ2) is 24.7. The number of nitro groups is 2. The predicted octanol–water partition coefficient (Wildman–Crippen LogP) is 2.00. The third-order valence-corrected chi connectivity index (χ3v) is 14.2. The molecule has 378 valence electrons. The third kappa shape index (κ3) is 15.7. The topological polar surface area (TPSA) is 335 Å². The summed E-state index contributed by atoms with van der Waals surface area (Å²) in [6, 6.07) is 17.1. The quantitative estimate of drug-likeness (QED) is 0.0348. The Hall–Kier alpha value is -6.70. The van der Waals surface area contributed by atoms with E-state index < -0.39 is 114 Å². The summed E-state index contributed by atoms with van der Waals surface area (Å²) >= 11 is 0. The number of non-ortho nitro benzene ring substituents is 2. The molecule has 0 spiro atoms. The van der Waals surface area contributed by atoms with Gasteiger partial charge >= 0.3 is 0 Å². The van der Waals surface area contributed by atoms with Crippen LogP contribution in [0.1, 0.15) is 52.7 Å². The number of aliphatic hydroxyl groups excluding tert-OH is 2. The van der Waals surface area contributed by atoms with Crippen molar-refractivity contribution >= 4 is 55.1 Å². The minimum absolute atomic E-state index is 0.0701. The molecule has 24 heteroatoms. The lowest BCUT2D eigenvalue weighted by Crippen LogP contribution is -2.62. The number of amides is 4. The molecule has 0 aromatic heterocycles. The molecule has 2 unspecified atom stereocenters. The molecule has 4 amide bonds. The summed E-state index contributed by atoms with van der Waals surface area (Å²) in [5.41, 5.74) is 0.531. The van der Waals surface area contributed by atoms with Crippen LogP contribution in [0.25, 0.3) is 0 Å². The van der Waals surface area contributed by atoms with Crippen molar-refractivity contribution in [1.82, 2.24) is 30.7 Å². The maximum absolute atomic E-state index is 14.1. The average Bonchev–Trinajstić information content (AvgIpc) is 3.31. The molecule has 8 atom stereocenters. The first-order chi connectivity index (χ1) is 32.8. The SMILES string of the molecule is CC(C)[C@H](NC(=O)[C@H](C)NS(=O)(=O)c1ccc([N+](=O)[O-])cc1)C(=O)N[C@@H](Cc1ccccc1)C(O)C(O)[C@H](Cc1ccccc1)NC(=O)[C@@H](NC(=O)[C@H](C)NS(=O)(=O)c1ccc([N+](=O)[O-])cc1)C(C)C. The minimum Gasteiger partial charge on any atom is -0.388 e. The highest BCUT2D eigenvalue weighted by Crippen LogP contribution is 2.20. The number of aliphatic hydroxyl groups is 2. The summed E-state index contributed by atoms with van der Waals surface area (Å²) in [5, 5.41) is 56.8. The van der Waals surface area contributed by atoms with Gasteiger partial charge in [-0.05, 0) is 73.9 Å². The molecule has 0 bridgehead atoms. The van der Waals surface area contributed by atoms with E-state index in [1.807, 2.05) is 0 Å². The maximum Gasteiger partial charge on any atom is 0.269 e. The molecule has 4 aromatic rings. The Morgan fingerprint density at radius 2 is 0.786 bits per heavy atom. The number of nitro benzene ring substituents is 2. The van der Waals surface area contributed by atoms with Gasteiger partial charge < -0.3 is 31.5 Å². The van der Waals surface area contributed by atoms with Gasteiger partial charge in [-0.1, -0.05) is 88.4 Å². The number of hydrogen-bond acceptors (Lipinski definition) is 14. The zero-order valence-corrected chi connectivity index (χ0v) is 40.7. The van der Waals surface area contributed by atoms with Crippen LogP contribution in [0, 0.1) is 32.1 Å². The highest BCUT2D eigenvalue weighted by atomic mass is 32.2. The summed E-state index contributed by atoms with van der Waals surface area (Å²) in [4.78, 5) is 75.2. The molecule has 0 heterocycles. The van der Waals surface area contributed by atoms with Gasteiger partial charge in [0.1, 0.15) is 24.3 Å². The largest absolute Gasteiger partial charge is 0.388 e. The minimum atomic E-state index is -4.36. The Balaban J connectivity index is 1.56. The van der Waals surface area contributed by atoms with E-state index in [4.69, 9.17) is 0 Å². The van der Waals surface area contributed by atoms with E-state index in [0.29, 0.717) is 11.1 Å². The lowest BCUT2D eigenvalue weighted by molar-refractivity contribution is -0.385. The van der Waals surface area contributed by atoms with Crippen LogP contribution in [0.2, 0.25) is 0 Å². The van der Waals surface area contributed by atoms with Crippen molar-refractivity contribution in [2.24, 2.45) is 11.8 Å². The van der Waals surface area contributed by atoms with Crippen molar-refractivity contribution in [3.05, 3.63) is 141 Å². The number of nitrogens with one attached hydrogen (secondary N) is 6. The monoisotopic (exact) mass is 1010 g/mol. The van der Waals surface area contributed by atoms with Gasteiger partial charge in [-0.15, -0.1) is 0 Å². The molecule has 0 fully saturated rings. The molecule has 70 heavy (non-hydrogen) atoms. The Morgan fingerprint density at radius 1 is 0.486 bits per heavy atom. The van der Waals surface area contributed by atoms with Crippen molar-refractivity contribution in [2.45, 2.75) is 113 Å². The summed E-state index contributed by atoms with van der Waals surface area (Å²) < 4.78 is 56.6. The molecular weight excluding hydrogens is 953 g/mol. The Bertz CT molecular complexity index is 2490. The van der Waals surface area contributed by atoms with Gasteiger partial charge in [-0.25, -0.2) is 16.8 Å². The lowest BCUT2D eigenvalue weighted by Gasteiger charge is -2.35. The summed E-state index contributed by atoms with van der Waals surface area (Å²) in [6.07, 6.45) is -3.79. The van der Waals surface area contributed by atoms with E-state index >= 15 is 0 Å². The van der Waals surface area contributed by atoms with Gasteiger partial charge in [0.05, 0.1) is 43.8 Å². The summed E-state index contributed by atoms with van der Waals surface area (Å²) in [7, 11) is -8.73. The standard InChI is InChI=1S/C46H58N8O14S2/c1-27(2)39(49-43(57)29(5)51-69(65,66)35-21-17-33(18-22-35)53(61)62)45(59)47-37(25-31-13-9-7-10-14-31)41(55)42(56)38(26-32-15-11-8-12-16-32)48-46(60)40(28(3)4)50-44(58)30(6)52-70(67,68)36-23-19-34(20-24-36)54(63)64/h7-24,27-30,37-42,51-52,55-56H,25-26H2,1-6H3,(H,47,59)(H,48,60)(H,49,57)(H,50,58)/t29-,30-,37-,38-,39-,40-,41?,42?/m0/s1. The molecule has 0 aliphatic heterocycles. The molecule has 0 radical (unpaired) electrons. The van der Waals surface area contributed by atoms with Gasteiger partial charge in [0, 0.05) is 24.3 Å². The van der Waals surface area contributed by atoms with Crippen LogP contribution in [-0.4, -0.2) is 109 Å². The number of hydrogen-bond donors (Lipinski definition) is 8. The Kier molecular flexibility index (Phi) is 19.7. The fourth-order valence-corrected chi connectivity index (χ4v) is 9.51. The Morgan fingerprint density at radius 3 is 1.06 bits per heavy atom. The maximum atomic E-state index is 14.1. The van der Waals surface area contributed by atoms with Crippen molar-refractivity contribution < 1.29 is 56.1 Å². The van der Waals surface area contributed by atoms with Crippen LogP contribution < -0.4 is 30.7 Å². The van der Waals surface area contributed by atoms with Gasteiger partial charge in [-0.2, -0.15) is 9.44 Å². The van der Waals surface area contributed by atoms with Crippen LogP contribution in [-0.2, 0) is 52.1 Å². The molecule has 0 saturated carbocycles. The normalized spacial score (nSPS) is 15.3. The molecule has 0 aliphatic carbocycles. The second-order valence-corrected chi connectivity index (χ2v) is 20.7. The lowest BCUT2D eigenvalue weighted by atomic mass is 9.90. The molecule has 4 rings (SSSR count). The number of rotatable bonds is 25. The van der Waals surface area contributed by atoms with Gasteiger partial charge in [0.15, 0.2) is 0 Å². The van der Waals surface area contributed by atoms with Crippen LogP contribution in [0.5, 0.6) is 0 Å². The number of sulfonamides is 2. The molecule has 22 nitrogen and oxygen atoms in total. The van der Waals surface area contributed by atoms with E-state index in [1.54, 1.807) is 88.4 Å². The zero-order chi connectivity index (χ0) is 52.1. The fraction of sp³-hybridized carbons (Fsp3) is 0.391. The van der Waals surface area contributed by atoms with Crippen LogP contribution in [0.4, 0.5) is 11.4 Å². The number of carbonyl (C=O) groups excluding carboxylic acids is 4. The fourth-order valence-electron chi connectivity index (χ4n) is 7.10. The van der Waals surface area contributed by atoms with Gasteiger partial charge in [0.2, 0.25) is 43.7 Å². The number of nitrogens with zero attached hydrogens (tertiary/aromatic N) is 2. The summed E-state index contributed by atoms with van der Waals surface area (Å²) in [6.45, 7) is 8.90. The molecular formula is C46H58N8O14S2. The Labute approximate surface area is 405 Å². The molecule has 8 N–H and O–H groups in total. The van der Waals surface area contributed by atoms with Crippen molar-refractivity contribution in [3.63, 3.8) is 0 Å². The second-order valence-electron chi connectivity index (χ2n) is 17.2. The first kappa shape index (κ1) is 55.9. The zero-order valence-electron chi connectivity index (χ0n) is 39.1. The smallest absolute Gasteiger partial charge is 0.269 e. The number of benzene rings is 4. The van der Waals surface area contributed by atoms with Crippen molar-refractivity contribution in [2.75, 3.05) is 0 Å². The van der Waals surface area contributed by atoms with E-state index in [-0.39, 0.29) is 34.0 Å². The predicted molar refractivity (Wildman–Crippen MR) is 255 cm³/mol. The molecule has 0 saturated heterocycles. The number of carbonyl (C=O) groups is 4. The van der Waals surface area contributed by atoms with Crippen LogP contribution in [0.15, 0.2) is 119 Å². The first-order valence-corrected chi connectivity index (χ1v) is 25.0. The first-order valence-electron chi connectivity index (χ1n) is 22.0. The van der Waals surface area contributed by atoms with Crippen molar-refractivity contribution in [3.8, 4) is 0 Å². The van der Waals surface area contributed by atoms with Crippen LogP contribution in [0.3, 0.4) is 0 Å². The third-order valence-electron chi connectivity index (χ3n) is 11.1.